The lowest BCUT2D eigenvalue weighted by Crippen LogP contribution is -2.30. The summed E-state index contributed by atoms with van der Waals surface area (Å²) in [6, 6.07) is 0. The van der Waals surface area contributed by atoms with E-state index in [9.17, 15) is 4.79 Å². The number of nitrogens with zero attached hydrogens (tertiary/aromatic N) is 1. The fourth-order valence-corrected chi connectivity index (χ4v) is 2.04. The molecule has 0 bridgehead atoms. The van der Waals surface area contributed by atoms with E-state index in [1.807, 2.05) is 4.90 Å². The van der Waals surface area contributed by atoms with Crippen molar-refractivity contribution in [1.29, 1.82) is 0 Å². The molecule has 1 aliphatic heterocycles. The van der Waals surface area contributed by atoms with Gasteiger partial charge in [0.05, 0.1) is 0 Å². The molecule has 1 heterocycles. The van der Waals surface area contributed by atoms with Gasteiger partial charge in [-0.15, -0.1) is 0 Å². The average molecular weight is 183 g/mol. The maximum absolute atomic E-state index is 11.8. The Morgan fingerprint density at radius 1 is 1.54 bits per heavy atom. The first-order chi connectivity index (χ1) is 6.15. The van der Waals surface area contributed by atoms with E-state index in [-0.39, 0.29) is 0 Å². The summed E-state index contributed by atoms with van der Waals surface area (Å²) in [5.41, 5.74) is 0. The van der Waals surface area contributed by atoms with Gasteiger partial charge in [-0.25, -0.2) is 0 Å². The fraction of sp³-hybridized carbons (Fsp3) is 0.909. The van der Waals surface area contributed by atoms with E-state index < -0.39 is 0 Å². The van der Waals surface area contributed by atoms with Gasteiger partial charge in [0.15, 0.2) is 0 Å². The van der Waals surface area contributed by atoms with Crippen LogP contribution in [0, 0.1) is 11.8 Å². The van der Waals surface area contributed by atoms with Crippen LogP contribution in [0.5, 0.6) is 0 Å². The Bertz CT molecular complexity index is 177. The molecule has 0 aromatic rings. The van der Waals surface area contributed by atoms with Gasteiger partial charge >= 0.3 is 0 Å². The van der Waals surface area contributed by atoms with E-state index in [1.54, 1.807) is 0 Å². The SMILES string of the molecule is CCCC1CCN(CC(C)C)C1=O. The first kappa shape index (κ1) is 10.6. The smallest absolute Gasteiger partial charge is 0.225 e. The van der Waals surface area contributed by atoms with Crippen LogP contribution in [0.4, 0.5) is 0 Å². The van der Waals surface area contributed by atoms with Crippen molar-refractivity contribution in [3.05, 3.63) is 0 Å². The van der Waals surface area contributed by atoms with Gasteiger partial charge in [-0.2, -0.15) is 0 Å². The van der Waals surface area contributed by atoms with Crippen LogP contribution in [0.25, 0.3) is 0 Å². The van der Waals surface area contributed by atoms with E-state index in [0.717, 1.165) is 32.4 Å². The largest absolute Gasteiger partial charge is 0.342 e. The summed E-state index contributed by atoms with van der Waals surface area (Å²) in [7, 11) is 0. The van der Waals surface area contributed by atoms with Crippen LogP contribution in [0.2, 0.25) is 0 Å². The topological polar surface area (TPSA) is 20.3 Å². The molecule has 13 heavy (non-hydrogen) atoms. The first-order valence-corrected chi connectivity index (χ1v) is 5.44. The summed E-state index contributed by atoms with van der Waals surface area (Å²) in [6.07, 6.45) is 3.29. The Hall–Kier alpha value is -0.530. The monoisotopic (exact) mass is 183 g/mol. The van der Waals surface area contributed by atoms with Crippen LogP contribution in [0.3, 0.4) is 0 Å². The van der Waals surface area contributed by atoms with Crippen molar-refractivity contribution in [3.8, 4) is 0 Å². The molecule has 1 unspecified atom stereocenters. The lowest BCUT2D eigenvalue weighted by Gasteiger charge is -2.18. The predicted molar refractivity (Wildman–Crippen MR) is 54.4 cm³/mol. The van der Waals surface area contributed by atoms with Crippen molar-refractivity contribution in [3.63, 3.8) is 0 Å². The molecule has 1 amide bonds. The third-order valence-corrected chi connectivity index (χ3v) is 2.63. The molecule has 2 heteroatoms. The van der Waals surface area contributed by atoms with Crippen LogP contribution < -0.4 is 0 Å². The highest BCUT2D eigenvalue weighted by atomic mass is 16.2. The van der Waals surface area contributed by atoms with Crippen LogP contribution in [-0.4, -0.2) is 23.9 Å². The van der Waals surface area contributed by atoms with Gasteiger partial charge in [-0.05, 0) is 18.8 Å². The third-order valence-electron chi connectivity index (χ3n) is 2.63. The molecule has 0 aliphatic carbocycles. The molecule has 0 radical (unpaired) electrons. The van der Waals surface area contributed by atoms with Crippen LogP contribution in [-0.2, 0) is 4.79 Å². The molecular formula is C11H21NO. The van der Waals surface area contributed by atoms with E-state index in [1.165, 1.54) is 0 Å². The molecule has 1 saturated heterocycles. The van der Waals surface area contributed by atoms with Gasteiger partial charge < -0.3 is 4.90 Å². The van der Waals surface area contributed by atoms with E-state index >= 15 is 0 Å². The number of carbonyl (C=O) groups excluding carboxylic acids is 1. The second kappa shape index (κ2) is 4.64. The summed E-state index contributed by atoms with van der Waals surface area (Å²) >= 11 is 0. The number of hydrogen-bond acceptors (Lipinski definition) is 1. The Morgan fingerprint density at radius 3 is 2.77 bits per heavy atom. The van der Waals surface area contributed by atoms with Crippen molar-refractivity contribution in [2.45, 2.75) is 40.0 Å². The molecule has 1 rings (SSSR count). The molecule has 0 N–H and O–H groups in total. The van der Waals surface area contributed by atoms with Gasteiger partial charge in [-0.3, -0.25) is 4.79 Å². The molecule has 0 spiro atoms. The normalized spacial score (nSPS) is 23.2. The molecule has 1 atom stereocenters. The number of hydrogen-bond donors (Lipinski definition) is 0. The molecule has 76 valence electrons. The second-order valence-corrected chi connectivity index (χ2v) is 4.45. The summed E-state index contributed by atoms with van der Waals surface area (Å²) < 4.78 is 0. The highest BCUT2D eigenvalue weighted by Gasteiger charge is 2.30. The first-order valence-electron chi connectivity index (χ1n) is 5.44. The van der Waals surface area contributed by atoms with Crippen molar-refractivity contribution in [2.24, 2.45) is 11.8 Å². The van der Waals surface area contributed by atoms with Gasteiger partial charge in [0.2, 0.25) is 5.91 Å². The average Bonchev–Trinajstić information content (AvgIpc) is 2.36. The van der Waals surface area contributed by atoms with Crippen LogP contribution in [0.15, 0.2) is 0 Å². The van der Waals surface area contributed by atoms with Gasteiger partial charge in [0.1, 0.15) is 0 Å². The number of rotatable bonds is 4. The molecule has 1 aliphatic rings. The van der Waals surface area contributed by atoms with Crippen molar-refractivity contribution in [2.75, 3.05) is 13.1 Å². The quantitative estimate of drug-likeness (QED) is 0.655. The molecule has 2 nitrogen and oxygen atoms in total. The van der Waals surface area contributed by atoms with Crippen molar-refractivity contribution in [1.82, 2.24) is 4.90 Å². The number of carbonyl (C=O) groups is 1. The minimum atomic E-state index is 0.337. The van der Waals surface area contributed by atoms with Crippen LogP contribution >= 0.6 is 0 Å². The van der Waals surface area contributed by atoms with E-state index in [0.29, 0.717) is 17.7 Å². The molecule has 0 saturated carbocycles. The van der Waals surface area contributed by atoms with Crippen molar-refractivity contribution >= 4 is 5.91 Å². The van der Waals surface area contributed by atoms with Gasteiger partial charge in [0, 0.05) is 19.0 Å². The summed E-state index contributed by atoms with van der Waals surface area (Å²) in [4.78, 5) is 13.8. The van der Waals surface area contributed by atoms with E-state index in [4.69, 9.17) is 0 Å². The standard InChI is InChI=1S/C11H21NO/c1-4-5-10-6-7-12(11(10)13)8-9(2)3/h9-10H,4-8H2,1-3H3. The van der Waals surface area contributed by atoms with E-state index in [2.05, 4.69) is 20.8 Å². The zero-order valence-electron chi connectivity index (χ0n) is 9.05. The number of amides is 1. The van der Waals surface area contributed by atoms with Gasteiger partial charge in [-0.1, -0.05) is 27.2 Å². The lowest BCUT2D eigenvalue weighted by molar-refractivity contribution is -0.131. The molecular weight excluding hydrogens is 162 g/mol. The Balaban J connectivity index is 2.40. The zero-order valence-corrected chi connectivity index (χ0v) is 9.05. The Kier molecular flexibility index (Phi) is 3.76. The van der Waals surface area contributed by atoms with Crippen LogP contribution in [0.1, 0.15) is 40.0 Å². The minimum absolute atomic E-state index is 0.337. The third kappa shape index (κ3) is 2.71. The number of likely N-dealkylation sites (tertiary alicyclic amines) is 1. The summed E-state index contributed by atoms with van der Waals surface area (Å²) in [5, 5.41) is 0. The minimum Gasteiger partial charge on any atom is -0.342 e. The lowest BCUT2D eigenvalue weighted by atomic mass is 10.0. The molecule has 0 aromatic heterocycles. The molecule has 1 fully saturated rings. The summed E-state index contributed by atoms with van der Waals surface area (Å²) in [5.74, 6) is 1.34. The highest BCUT2D eigenvalue weighted by molar-refractivity contribution is 5.80. The molecule has 0 aromatic carbocycles. The maximum Gasteiger partial charge on any atom is 0.225 e. The second-order valence-electron chi connectivity index (χ2n) is 4.45. The summed E-state index contributed by atoms with van der Waals surface area (Å²) in [6.45, 7) is 8.42. The zero-order chi connectivity index (χ0) is 9.84. The predicted octanol–water partition coefficient (Wildman–Crippen LogP) is 2.29. The Morgan fingerprint density at radius 2 is 2.23 bits per heavy atom. The highest BCUT2D eigenvalue weighted by Crippen LogP contribution is 2.22. The maximum atomic E-state index is 11.8. The van der Waals surface area contributed by atoms with Gasteiger partial charge in [0.25, 0.3) is 0 Å². The van der Waals surface area contributed by atoms with Crippen molar-refractivity contribution < 1.29 is 4.79 Å². The Labute approximate surface area is 81.3 Å². The fourth-order valence-electron chi connectivity index (χ4n) is 2.04.